The van der Waals surface area contributed by atoms with Crippen molar-refractivity contribution in [3.05, 3.63) is 0 Å². The first-order valence-electron chi connectivity index (χ1n) is 5.05. The van der Waals surface area contributed by atoms with Gasteiger partial charge >= 0.3 is 0 Å². The van der Waals surface area contributed by atoms with Gasteiger partial charge in [0.1, 0.15) is 0 Å². The smallest absolute Gasteiger partial charge is 0.0878 e. The van der Waals surface area contributed by atoms with Gasteiger partial charge in [-0.05, 0) is 49.4 Å². The van der Waals surface area contributed by atoms with Gasteiger partial charge in [-0.3, -0.25) is 0 Å². The summed E-state index contributed by atoms with van der Waals surface area (Å²) in [4.78, 5) is 0. The molecule has 11 heavy (non-hydrogen) atoms. The minimum Gasteiger partial charge on any atom is -0.369 e. The maximum Gasteiger partial charge on any atom is 0.0878 e. The second-order valence-corrected chi connectivity index (χ2v) is 5.08. The van der Waals surface area contributed by atoms with Gasteiger partial charge < -0.3 is 4.74 Å². The largest absolute Gasteiger partial charge is 0.369 e. The molecule has 4 saturated carbocycles. The van der Waals surface area contributed by atoms with E-state index in [9.17, 15) is 0 Å². The molecule has 0 N–H and O–H groups in total. The Morgan fingerprint density at radius 3 is 2.73 bits per heavy atom. The first-order chi connectivity index (χ1) is 5.39. The lowest BCUT2D eigenvalue weighted by molar-refractivity contribution is 0.113. The molecule has 0 radical (unpaired) electrons. The summed E-state index contributed by atoms with van der Waals surface area (Å²) in [5.41, 5.74) is 0.834. The van der Waals surface area contributed by atoms with E-state index in [1.165, 1.54) is 32.1 Å². The van der Waals surface area contributed by atoms with Crippen LogP contribution in [-0.2, 0) is 4.74 Å². The van der Waals surface area contributed by atoms with E-state index in [0.29, 0.717) is 0 Å². The highest BCUT2D eigenvalue weighted by molar-refractivity contribution is 5.16. The second kappa shape index (κ2) is 1.39. The summed E-state index contributed by atoms with van der Waals surface area (Å²) in [5, 5.41) is 0. The Morgan fingerprint density at radius 1 is 1.09 bits per heavy atom. The van der Waals surface area contributed by atoms with Gasteiger partial charge in [-0.25, -0.2) is 0 Å². The first-order valence-corrected chi connectivity index (χ1v) is 5.05. The van der Waals surface area contributed by atoms with Gasteiger partial charge in [-0.15, -0.1) is 0 Å². The maximum absolute atomic E-state index is 5.74. The van der Waals surface area contributed by atoms with Crippen LogP contribution in [0.4, 0.5) is 0 Å². The highest BCUT2D eigenvalue weighted by atomic mass is 16.6. The monoisotopic (exact) mass is 150 g/mol. The molecule has 1 aliphatic heterocycles. The quantitative estimate of drug-likeness (QED) is 0.481. The van der Waals surface area contributed by atoms with Crippen molar-refractivity contribution in [3.63, 3.8) is 0 Å². The Morgan fingerprint density at radius 2 is 2.00 bits per heavy atom. The minimum atomic E-state index is 0.736. The molecule has 5 fully saturated rings. The lowest BCUT2D eigenvalue weighted by Crippen LogP contribution is -2.39. The van der Waals surface area contributed by atoms with Crippen molar-refractivity contribution in [2.45, 2.75) is 44.3 Å². The van der Waals surface area contributed by atoms with Crippen LogP contribution < -0.4 is 0 Å². The molecule has 5 aliphatic rings. The van der Waals surface area contributed by atoms with Gasteiger partial charge in [0.25, 0.3) is 0 Å². The number of ether oxygens (including phenoxy) is 1. The van der Waals surface area contributed by atoms with E-state index in [0.717, 1.165) is 29.5 Å². The molecule has 0 aromatic rings. The van der Waals surface area contributed by atoms with E-state index in [1.54, 1.807) is 0 Å². The van der Waals surface area contributed by atoms with E-state index < -0.39 is 0 Å². The van der Waals surface area contributed by atoms with Crippen molar-refractivity contribution >= 4 is 0 Å². The molecular weight excluding hydrogens is 136 g/mol. The molecule has 1 saturated heterocycles. The van der Waals surface area contributed by atoms with Crippen molar-refractivity contribution in [2.24, 2.45) is 17.3 Å². The van der Waals surface area contributed by atoms with Crippen molar-refractivity contribution in [1.82, 2.24) is 0 Å². The van der Waals surface area contributed by atoms with Gasteiger partial charge in [-0.1, -0.05) is 0 Å². The third-order valence-electron chi connectivity index (χ3n) is 4.62. The van der Waals surface area contributed by atoms with E-state index in [4.69, 9.17) is 4.74 Å². The van der Waals surface area contributed by atoms with Crippen LogP contribution in [0.25, 0.3) is 0 Å². The Balaban J connectivity index is 1.80. The predicted molar refractivity (Wildman–Crippen MR) is 41.2 cm³/mol. The van der Waals surface area contributed by atoms with Crippen LogP contribution in [0.1, 0.15) is 32.1 Å². The van der Waals surface area contributed by atoms with Gasteiger partial charge in [0.05, 0.1) is 12.2 Å². The van der Waals surface area contributed by atoms with Crippen LogP contribution in [-0.4, -0.2) is 12.2 Å². The summed E-state index contributed by atoms with van der Waals surface area (Å²) < 4.78 is 5.74. The van der Waals surface area contributed by atoms with Crippen LogP contribution in [0, 0.1) is 17.3 Å². The van der Waals surface area contributed by atoms with Gasteiger partial charge in [-0.2, -0.15) is 0 Å². The van der Waals surface area contributed by atoms with E-state index in [2.05, 4.69) is 0 Å². The molecule has 1 nitrogen and oxygen atoms in total. The van der Waals surface area contributed by atoms with Crippen LogP contribution >= 0.6 is 0 Å². The second-order valence-electron chi connectivity index (χ2n) is 5.08. The number of fused-ring (bicyclic) bond motifs is 1. The molecule has 1 spiro atoms. The summed E-state index contributed by atoms with van der Waals surface area (Å²) in [6.07, 6.45) is 9.03. The minimum absolute atomic E-state index is 0.736. The average molecular weight is 150 g/mol. The molecule has 0 amide bonds. The van der Waals surface area contributed by atoms with Gasteiger partial charge in [0.2, 0.25) is 0 Å². The Hall–Kier alpha value is -0.0400. The standard InChI is InChI=1S/C10H14O/c1-2-7-9-8(11-9)6(1)5-10(7)3-4-10/h6-9H,1-5H2/t6-,7-,8+,9-/m1/s1. The fourth-order valence-electron chi connectivity index (χ4n) is 3.84. The number of hydrogen-bond acceptors (Lipinski definition) is 1. The molecule has 0 aromatic carbocycles. The summed E-state index contributed by atoms with van der Waals surface area (Å²) in [5.74, 6) is 1.98. The van der Waals surface area contributed by atoms with Crippen molar-refractivity contribution in [1.29, 1.82) is 0 Å². The zero-order valence-electron chi connectivity index (χ0n) is 6.75. The number of hydrogen-bond donors (Lipinski definition) is 0. The summed E-state index contributed by atoms with van der Waals surface area (Å²) in [6, 6.07) is 0. The molecule has 1 heteroatoms. The van der Waals surface area contributed by atoms with Crippen molar-refractivity contribution < 1.29 is 4.74 Å². The average Bonchev–Trinajstić information content (AvgIpc) is 2.84. The SMILES string of the molecule is C1C[C@@H]2[C@H]3O[C@H]3[C@H]1CC21CC1. The third-order valence-corrected chi connectivity index (χ3v) is 4.62. The fourth-order valence-corrected chi connectivity index (χ4v) is 3.84. The molecule has 1 heterocycles. The van der Waals surface area contributed by atoms with E-state index in [-0.39, 0.29) is 0 Å². The first kappa shape index (κ1) is 5.58. The van der Waals surface area contributed by atoms with Crippen LogP contribution in [0.2, 0.25) is 0 Å². The van der Waals surface area contributed by atoms with Crippen LogP contribution in [0.15, 0.2) is 0 Å². The van der Waals surface area contributed by atoms with Gasteiger partial charge in [0.15, 0.2) is 0 Å². The lowest BCUT2D eigenvalue weighted by atomic mass is 9.63. The molecule has 4 atom stereocenters. The number of rotatable bonds is 0. The molecule has 2 bridgehead atoms. The summed E-state index contributed by atoms with van der Waals surface area (Å²) in [6.45, 7) is 0. The highest BCUT2D eigenvalue weighted by Gasteiger charge is 2.68. The Kier molecular flexibility index (Phi) is 0.706. The van der Waals surface area contributed by atoms with Gasteiger partial charge in [0, 0.05) is 0 Å². The maximum atomic E-state index is 5.74. The molecule has 60 valence electrons. The lowest BCUT2D eigenvalue weighted by Gasteiger charge is -2.39. The number of epoxide rings is 1. The zero-order valence-corrected chi connectivity index (χ0v) is 6.75. The summed E-state index contributed by atoms with van der Waals surface area (Å²) in [7, 11) is 0. The van der Waals surface area contributed by atoms with E-state index >= 15 is 0 Å². The molecule has 4 aliphatic carbocycles. The van der Waals surface area contributed by atoms with Crippen molar-refractivity contribution in [2.75, 3.05) is 0 Å². The zero-order chi connectivity index (χ0) is 7.05. The Labute approximate surface area is 67.1 Å². The van der Waals surface area contributed by atoms with Crippen LogP contribution in [0.5, 0.6) is 0 Å². The topological polar surface area (TPSA) is 12.5 Å². The van der Waals surface area contributed by atoms with Crippen LogP contribution in [0.3, 0.4) is 0 Å². The van der Waals surface area contributed by atoms with Crippen molar-refractivity contribution in [3.8, 4) is 0 Å². The normalized spacial score (nSPS) is 61.1. The molecule has 0 aromatic heterocycles. The molecule has 5 rings (SSSR count). The summed E-state index contributed by atoms with van der Waals surface area (Å²) >= 11 is 0. The fraction of sp³-hybridized carbons (Fsp3) is 1.00. The third kappa shape index (κ3) is 0.516. The predicted octanol–water partition coefficient (Wildman–Crippen LogP) is 1.96. The molecule has 0 unspecified atom stereocenters. The Bertz CT molecular complexity index is 219. The van der Waals surface area contributed by atoms with E-state index in [1.807, 2.05) is 0 Å². The highest BCUT2D eigenvalue weighted by Crippen LogP contribution is 2.70. The molecular formula is C10H14O.